The van der Waals surface area contributed by atoms with Crippen molar-refractivity contribution in [3.8, 4) is 11.5 Å². The lowest BCUT2D eigenvalue weighted by Gasteiger charge is -2.23. The molecule has 0 unspecified atom stereocenters. The summed E-state index contributed by atoms with van der Waals surface area (Å²) in [5, 5.41) is 3.05. The molecule has 0 aromatic heterocycles. The topological polar surface area (TPSA) is 94.2 Å². The van der Waals surface area contributed by atoms with Crippen LogP contribution in [0.25, 0.3) is 0 Å². The molecule has 2 amide bonds. The molecule has 1 N–H and O–H groups in total. The minimum absolute atomic E-state index is 0.0201. The highest BCUT2D eigenvalue weighted by Gasteiger charge is 2.38. The molecule has 1 aromatic rings. The maximum atomic E-state index is 12.7. The predicted octanol–water partition coefficient (Wildman–Crippen LogP) is 2.41. The number of hydrogen-bond acceptors (Lipinski definition) is 6. The van der Waals surface area contributed by atoms with Gasteiger partial charge in [-0.25, -0.2) is 4.79 Å². The second-order valence-electron chi connectivity index (χ2n) is 7.05. The summed E-state index contributed by atoms with van der Waals surface area (Å²) < 4.78 is 15.6. The number of nitrogens with one attached hydrogen (secondary N) is 1. The van der Waals surface area contributed by atoms with Gasteiger partial charge in [-0.05, 0) is 18.9 Å². The summed E-state index contributed by atoms with van der Waals surface area (Å²) in [6, 6.07) is 2.40. The van der Waals surface area contributed by atoms with E-state index in [9.17, 15) is 14.4 Å². The first-order valence-electron chi connectivity index (χ1n) is 9.42. The maximum absolute atomic E-state index is 12.7. The smallest absolute Gasteiger partial charge is 0.328 e. The summed E-state index contributed by atoms with van der Waals surface area (Å²) in [6.07, 6.45) is 0.0201. The van der Waals surface area contributed by atoms with Gasteiger partial charge in [0.05, 0.1) is 37.5 Å². The van der Waals surface area contributed by atoms with Crippen LogP contribution in [0.1, 0.15) is 27.2 Å². The van der Waals surface area contributed by atoms with Gasteiger partial charge in [0.15, 0.2) is 0 Å². The van der Waals surface area contributed by atoms with Crippen LogP contribution in [0.4, 0.5) is 5.69 Å². The third-order valence-electron chi connectivity index (χ3n) is 4.74. The molecular formula is C20H27ClN2O6. The van der Waals surface area contributed by atoms with E-state index in [1.54, 1.807) is 19.1 Å². The molecule has 0 spiro atoms. The molecule has 1 saturated heterocycles. The van der Waals surface area contributed by atoms with Gasteiger partial charge < -0.3 is 24.4 Å². The third kappa shape index (κ3) is 5.12. The predicted molar refractivity (Wildman–Crippen MR) is 108 cm³/mol. The van der Waals surface area contributed by atoms with Crippen LogP contribution in [-0.4, -0.2) is 51.2 Å². The Bertz CT molecular complexity index is 782. The van der Waals surface area contributed by atoms with Crippen LogP contribution >= 0.6 is 11.6 Å². The number of benzene rings is 1. The van der Waals surface area contributed by atoms with Crippen molar-refractivity contribution in [1.82, 2.24) is 5.32 Å². The van der Waals surface area contributed by atoms with Gasteiger partial charge in [0.25, 0.3) is 0 Å². The van der Waals surface area contributed by atoms with Crippen molar-refractivity contribution in [1.29, 1.82) is 0 Å². The zero-order chi connectivity index (χ0) is 21.7. The van der Waals surface area contributed by atoms with Crippen molar-refractivity contribution >= 4 is 35.1 Å². The fourth-order valence-electron chi connectivity index (χ4n) is 3.17. The van der Waals surface area contributed by atoms with E-state index in [-0.39, 0.29) is 37.3 Å². The van der Waals surface area contributed by atoms with E-state index in [0.717, 1.165) is 0 Å². The molecule has 1 aromatic carbocycles. The number of rotatable bonds is 8. The van der Waals surface area contributed by atoms with Crippen molar-refractivity contribution < 1.29 is 28.6 Å². The fraction of sp³-hybridized carbons (Fsp3) is 0.550. The average molecular weight is 427 g/mol. The van der Waals surface area contributed by atoms with Gasteiger partial charge in [-0.1, -0.05) is 25.4 Å². The quantitative estimate of drug-likeness (QED) is 0.641. The summed E-state index contributed by atoms with van der Waals surface area (Å²) >= 11 is 6.20. The van der Waals surface area contributed by atoms with E-state index in [1.165, 1.54) is 19.1 Å². The lowest BCUT2D eigenvalue weighted by atomic mass is 10.0. The molecule has 1 heterocycles. The minimum Gasteiger partial charge on any atom is -0.495 e. The number of amides is 2. The number of carbonyl (C=O) groups is 3. The molecule has 0 saturated carbocycles. The number of hydrogen-bond donors (Lipinski definition) is 1. The number of carbonyl (C=O) groups excluding carboxylic acids is 3. The van der Waals surface area contributed by atoms with Gasteiger partial charge >= 0.3 is 5.97 Å². The summed E-state index contributed by atoms with van der Waals surface area (Å²) in [6.45, 7) is 5.72. The Morgan fingerprint density at radius 3 is 2.45 bits per heavy atom. The van der Waals surface area contributed by atoms with Crippen molar-refractivity contribution in [2.75, 3.05) is 32.3 Å². The van der Waals surface area contributed by atoms with Crippen LogP contribution in [0, 0.1) is 11.8 Å². The Balaban J connectivity index is 2.19. The standard InChI is InChI=1S/C20H27ClN2O6/c1-6-29-20(26)18(11(2)3)22-19(25)12-7-17(24)23(10-12)14-8-13(21)15(27-4)9-16(14)28-5/h8-9,11-12,18H,6-7,10H2,1-5H3,(H,22,25)/t12-,18+/m0/s1. The third-order valence-corrected chi connectivity index (χ3v) is 5.04. The summed E-state index contributed by atoms with van der Waals surface area (Å²) in [7, 11) is 2.96. The van der Waals surface area contributed by atoms with Crippen LogP contribution in [0.5, 0.6) is 11.5 Å². The Morgan fingerprint density at radius 2 is 1.90 bits per heavy atom. The molecule has 0 radical (unpaired) electrons. The van der Waals surface area contributed by atoms with Crippen LogP contribution in [0.15, 0.2) is 12.1 Å². The maximum Gasteiger partial charge on any atom is 0.328 e. The molecular weight excluding hydrogens is 400 g/mol. The highest BCUT2D eigenvalue weighted by Crippen LogP contribution is 2.40. The summed E-state index contributed by atoms with van der Waals surface area (Å²) in [5.41, 5.74) is 0.462. The van der Waals surface area contributed by atoms with Gasteiger partial charge in [-0.15, -0.1) is 0 Å². The first-order chi connectivity index (χ1) is 13.7. The lowest BCUT2D eigenvalue weighted by Crippen LogP contribution is -2.47. The SMILES string of the molecule is CCOC(=O)[C@H](NC(=O)[C@H]1CC(=O)N(c2cc(Cl)c(OC)cc2OC)C1)C(C)C. The van der Waals surface area contributed by atoms with Crippen molar-refractivity contribution in [3.05, 3.63) is 17.2 Å². The molecule has 160 valence electrons. The molecule has 29 heavy (non-hydrogen) atoms. The largest absolute Gasteiger partial charge is 0.495 e. The second-order valence-corrected chi connectivity index (χ2v) is 7.45. The molecule has 0 bridgehead atoms. The molecule has 8 nitrogen and oxygen atoms in total. The zero-order valence-corrected chi connectivity index (χ0v) is 18.0. The number of anilines is 1. The van der Waals surface area contributed by atoms with E-state index in [2.05, 4.69) is 5.32 Å². The molecule has 1 aliphatic heterocycles. The monoisotopic (exact) mass is 426 g/mol. The van der Waals surface area contributed by atoms with E-state index in [0.29, 0.717) is 22.2 Å². The number of ether oxygens (including phenoxy) is 3. The molecule has 1 fully saturated rings. The highest BCUT2D eigenvalue weighted by molar-refractivity contribution is 6.32. The Labute approximate surface area is 175 Å². The number of halogens is 1. The normalized spacial score (nSPS) is 17.3. The lowest BCUT2D eigenvalue weighted by molar-refractivity contribution is -0.149. The zero-order valence-electron chi connectivity index (χ0n) is 17.3. The highest BCUT2D eigenvalue weighted by atomic mass is 35.5. The van der Waals surface area contributed by atoms with Crippen molar-refractivity contribution in [3.63, 3.8) is 0 Å². The first-order valence-corrected chi connectivity index (χ1v) is 9.80. The molecule has 9 heteroatoms. The Hall–Kier alpha value is -2.48. The van der Waals surface area contributed by atoms with E-state index in [4.69, 9.17) is 25.8 Å². The second kappa shape index (κ2) is 9.82. The average Bonchev–Trinajstić information content (AvgIpc) is 3.07. The Kier molecular flexibility index (Phi) is 7.73. The number of nitrogens with zero attached hydrogens (tertiary/aromatic N) is 1. The van der Waals surface area contributed by atoms with Crippen LogP contribution in [0.3, 0.4) is 0 Å². The van der Waals surface area contributed by atoms with Gasteiger partial charge in [0.2, 0.25) is 11.8 Å². The first kappa shape index (κ1) is 22.8. The summed E-state index contributed by atoms with van der Waals surface area (Å²) in [5.74, 6) is -1.01. The van der Waals surface area contributed by atoms with E-state index >= 15 is 0 Å². The van der Waals surface area contributed by atoms with Crippen molar-refractivity contribution in [2.24, 2.45) is 11.8 Å². The van der Waals surface area contributed by atoms with Crippen molar-refractivity contribution in [2.45, 2.75) is 33.2 Å². The van der Waals surface area contributed by atoms with Gasteiger partial charge in [0, 0.05) is 19.0 Å². The van der Waals surface area contributed by atoms with E-state index in [1.807, 2.05) is 13.8 Å². The minimum atomic E-state index is -0.767. The fourth-order valence-corrected chi connectivity index (χ4v) is 3.41. The van der Waals surface area contributed by atoms with Gasteiger partial charge in [-0.2, -0.15) is 0 Å². The van der Waals surface area contributed by atoms with E-state index < -0.39 is 17.9 Å². The molecule has 0 aliphatic carbocycles. The molecule has 2 rings (SSSR count). The van der Waals surface area contributed by atoms with Crippen LogP contribution < -0.4 is 19.7 Å². The molecule has 2 atom stereocenters. The number of esters is 1. The Morgan fingerprint density at radius 1 is 1.24 bits per heavy atom. The number of methoxy groups -OCH3 is 2. The van der Waals surface area contributed by atoms with Crippen LogP contribution in [0.2, 0.25) is 5.02 Å². The van der Waals surface area contributed by atoms with Crippen LogP contribution in [-0.2, 0) is 19.1 Å². The summed E-state index contributed by atoms with van der Waals surface area (Å²) in [4.78, 5) is 38.9. The van der Waals surface area contributed by atoms with Gasteiger partial charge in [0.1, 0.15) is 17.5 Å². The molecule has 1 aliphatic rings. The van der Waals surface area contributed by atoms with Gasteiger partial charge in [-0.3, -0.25) is 9.59 Å².